The number of ether oxygens (including phenoxy) is 1. The van der Waals surface area contributed by atoms with E-state index in [2.05, 4.69) is 5.32 Å². The molecule has 6 heteroatoms. The van der Waals surface area contributed by atoms with Gasteiger partial charge in [-0.1, -0.05) is 0 Å². The van der Waals surface area contributed by atoms with E-state index in [1.54, 1.807) is 42.9 Å². The lowest BCUT2D eigenvalue weighted by Crippen LogP contribution is -2.16. The lowest BCUT2D eigenvalue weighted by atomic mass is 10.3. The molecule has 0 aliphatic heterocycles. The molecule has 20 heavy (non-hydrogen) atoms. The first-order valence-electron chi connectivity index (χ1n) is 6.23. The second kappa shape index (κ2) is 5.92. The van der Waals surface area contributed by atoms with Gasteiger partial charge in [0.15, 0.2) is 0 Å². The monoisotopic (exact) mass is 292 g/mol. The molecule has 0 saturated heterocycles. The average Bonchev–Trinajstić information content (AvgIpc) is 2.96. The number of carbonyl (C=O) groups is 2. The van der Waals surface area contributed by atoms with E-state index in [-0.39, 0.29) is 5.91 Å². The Hall–Kier alpha value is -2.08. The maximum absolute atomic E-state index is 12.2. The molecular weight excluding hydrogens is 276 g/mol. The number of nitrogens with zero attached hydrogens (tertiary/aromatic N) is 1. The quantitative estimate of drug-likeness (QED) is 0.881. The van der Waals surface area contributed by atoms with Crippen molar-refractivity contribution in [1.29, 1.82) is 0 Å². The van der Waals surface area contributed by atoms with Gasteiger partial charge >= 0.3 is 5.97 Å². The van der Waals surface area contributed by atoms with Gasteiger partial charge in [-0.25, -0.2) is 4.79 Å². The molecule has 0 unspecified atom stereocenters. The zero-order valence-corrected chi connectivity index (χ0v) is 12.4. The fourth-order valence-electron chi connectivity index (χ4n) is 1.83. The third-order valence-electron chi connectivity index (χ3n) is 2.75. The van der Waals surface area contributed by atoms with Gasteiger partial charge in [0.2, 0.25) is 0 Å². The first kappa shape index (κ1) is 14.3. The van der Waals surface area contributed by atoms with Crippen LogP contribution in [0.5, 0.6) is 0 Å². The van der Waals surface area contributed by atoms with Crippen LogP contribution in [0.3, 0.4) is 0 Å². The summed E-state index contributed by atoms with van der Waals surface area (Å²) in [5.74, 6) is -0.663. The molecule has 0 spiro atoms. The van der Waals surface area contributed by atoms with Crippen LogP contribution in [0.2, 0.25) is 0 Å². The van der Waals surface area contributed by atoms with Crippen LogP contribution in [0, 0.1) is 6.92 Å². The summed E-state index contributed by atoms with van der Waals surface area (Å²) in [6.07, 6.45) is 1.79. The number of aromatic nitrogens is 1. The van der Waals surface area contributed by atoms with Gasteiger partial charge in [0.05, 0.1) is 12.2 Å². The summed E-state index contributed by atoms with van der Waals surface area (Å²) in [6, 6.07) is 5.24. The molecule has 0 fully saturated rings. The number of rotatable bonds is 4. The van der Waals surface area contributed by atoms with Crippen LogP contribution in [0.1, 0.15) is 32.6 Å². The van der Waals surface area contributed by atoms with Crippen LogP contribution >= 0.6 is 11.3 Å². The van der Waals surface area contributed by atoms with Gasteiger partial charge in [-0.3, -0.25) is 4.79 Å². The molecule has 0 radical (unpaired) electrons. The van der Waals surface area contributed by atoms with Crippen LogP contribution < -0.4 is 5.32 Å². The second-order valence-corrected chi connectivity index (χ2v) is 5.54. The summed E-state index contributed by atoms with van der Waals surface area (Å²) in [6.45, 7) is 3.93. The van der Waals surface area contributed by atoms with Gasteiger partial charge in [0.25, 0.3) is 5.91 Å². The summed E-state index contributed by atoms with van der Waals surface area (Å²) in [5.41, 5.74) is 0.933. The molecule has 5 nitrogen and oxygen atoms in total. The van der Waals surface area contributed by atoms with Gasteiger partial charge in [-0.2, -0.15) is 0 Å². The van der Waals surface area contributed by atoms with Crippen LogP contribution in [-0.2, 0) is 11.8 Å². The Morgan fingerprint density at radius 3 is 2.80 bits per heavy atom. The summed E-state index contributed by atoms with van der Waals surface area (Å²) >= 11 is 1.36. The van der Waals surface area contributed by atoms with E-state index in [0.29, 0.717) is 22.9 Å². The molecule has 2 heterocycles. The highest BCUT2D eigenvalue weighted by molar-refractivity contribution is 7.16. The molecule has 2 aromatic heterocycles. The zero-order valence-electron chi connectivity index (χ0n) is 11.6. The molecule has 1 N–H and O–H groups in total. The smallest absolute Gasteiger partial charge is 0.341 e. The van der Waals surface area contributed by atoms with E-state index >= 15 is 0 Å². The molecule has 0 aliphatic carbocycles. The zero-order chi connectivity index (χ0) is 14.7. The SMILES string of the molecule is CCOC(=O)c1cc(C)sc1NC(=O)c1cccn1C. The van der Waals surface area contributed by atoms with Gasteiger partial charge in [-0.15, -0.1) is 11.3 Å². The number of nitrogens with one attached hydrogen (secondary N) is 1. The molecule has 2 rings (SSSR count). The number of anilines is 1. The highest BCUT2D eigenvalue weighted by atomic mass is 32.1. The number of thiophene rings is 1. The van der Waals surface area contributed by atoms with Gasteiger partial charge in [0, 0.05) is 18.1 Å². The third kappa shape index (κ3) is 2.91. The van der Waals surface area contributed by atoms with E-state index in [1.165, 1.54) is 11.3 Å². The van der Waals surface area contributed by atoms with Crippen LogP contribution in [0.15, 0.2) is 24.4 Å². The fourth-order valence-corrected chi connectivity index (χ4v) is 2.73. The van der Waals surface area contributed by atoms with Crippen molar-refractivity contribution < 1.29 is 14.3 Å². The van der Waals surface area contributed by atoms with E-state index in [4.69, 9.17) is 4.74 Å². The molecular formula is C14H16N2O3S. The minimum Gasteiger partial charge on any atom is -0.462 e. The van der Waals surface area contributed by atoms with Crippen molar-refractivity contribution in [2.75, 3.05) is 11.9 Å². The number of esters is 1. The molecule has 106 valence electrons. The Morgan fingerprint density at radius 1 is 1.45 bits per heavy atom. The maximum atomic E-state index is 12.2. The fraction of sp³-hybridized carbons (Fsp3) is 0.286. The molecule has 0 saturated carbocycles. The predicted octanol–water partition coefficient (Wildman–Crippen LogP) is 2.82. The highest BCUT2D eigenvalue weighted by Gasteiger charge is 2.19. The van der Waals surface area contributed by atoms with E-state index in [0.717, 1.165) is 4.88 Å². The molecule has 1 amide bonds. The van der Waals surface area contributed by atoms with Crippen molar-refractivity contribution in [3.8, 4) is 0 Å². The Bertz CT molecular complexity index is 643. The highest BCUT2D eigenvalue weighted by Crippen LogP contribution is 2.28. The topological polar surface area (TPSA) is 60.3 Å². The minimum absolute atomic E-state index is 0.245. The lowest BCUT2D eigenvalue weighted by molar-refractivity contribution is 0.0528. The maximum Gasteiger partial charge on any atom is 0.341 e. The Labute approximate surface area is 121 Å². The average molecular weight is 292 g/mol. The van der Waals surface area contributed by atoms with Crippen LogP contribution in [0.4, 0.5) is 5.00 Å². The van der Waals surface area contributed by atoms with Crippen molar-refractivity contribution >= 4 is 28.2 Å². The van der Waals surface area contributed by atoms with Crippen LogP contribution in [0.25, 0.3) is 0 Å². The largest absolute Gasteiger partial charge is 0.462 e. The van der Waals surface area contributed by atoms with E-state index < -0.39 is 5.97 Å². The van der Waals surface area contributed by atoms with Crippen molar-refractivity contribution in [3.05, 3.63) is 40.5 Å². The number of hydrogen-bond acceptors (Lipinski definition) is 4. The lowest BCUT2D eigenvalue weighted by Gasteiger charge is -2.06. The first-order chi connectivity index (χ1) is 9.52. The molecule has 2 aromatic rings. The number of amides is 1. The summed E-state index contributed by atoms with van der Waals surface area (Å²) in [4.78, 5) is 24.9. The summed E-state index contributed by atoms with van der Waals surface area (Å²) in [7, 11) is 1.79. The van der Waals surface area contributed by atoms with Gasteiger partial charge in [0.1, 0.15) is 10.7 Å². The van der Waals surface area contributed by atoms with Gasteiger partial charge in [-0.05, 0) is 32.0 Å². The number of aryl methyl sites for hydroxylation is 2. The molecule has 0 aliphatic rings. The standard InChI is InChI=1S/C14H16N2O3S/c1-4-19-14(18)10-8-9(2)20-13(10)15-12(17)11-6-5-7-16(11)3/h5-8H,4H2,1-3H3,(H,15,17). The number of carbonyl (C=O) groups excluding carboxylic acids is 2. The Balaban J connectivity index is 2.23. The normalized spacial score (nSPS) is 10.3. The minimum atomic E-state index is -0.418. The summed E-state index contributed by atoms with van der Waals surface area (Å²) < 4.78 is 6.71. The van der Waals surface area contributed by atoms with Gasteiger partial charge < -0.3 is 14.6 Å². The van der Waals surface area contributed by atoms with Crippen molar-refractivity contribution in [2.24, 2.45) is 7.05 Å². The van der Waals surface area contributed by atoms with Crippen molar-refractivity contribution in [2.45, 2.75) is 13.8 Å². The van der Waals surface area contributed by atoms with Crippen molar-refractivity contribution in [3.63, 3.8) is 0 Å². The first-order valence-corrected chi connectivity index (χ1v) is 7.04. The Morgan fingerprint density at radius 2 is 2.20 bits per heavy atom. The summed E-state index contributed by atoms with van der Waals surface area (Å²) in [5, 5.41) is 3.29. The van der Waals surface area contributed by atoms with E-state index in [1.807, 2.05) is 6.92 Å². The molecule has 0 atom stereocenters. The predicted molar refractivity (Wildman–Crippen MR) is 78.4 cm³/mol. The van der Waals surface area contributed by atoms with E-state index in [9.17, 15) is 9.59 Å². The third-order valence-corrected chi connectivity index (χ3v) is 3.72. The molecule has 0 aromatic carbocycles. The Kier molecular flexibility index (Phi) is 4.24. The van der Waals surface area contributed by atoms with Crippen molar-refractivity contribution in [1.82, 2.24) is 4.57 Å². The van der Waals surface area contributed by atoms with Crippen LogP contribution in [-0.4, -0.2) is 23.1 Å². The second-order valence-electron chi connectivity index (χ2n) is 4.28. The number of hydrogen-bond donors (Lipinski definition) is 1. The molecule has 0 bridgehead atoms.